The maximum atomic E-state index is 8.58. The first-order chi connectivity index (χ1) is 7.22. The lowest BCUT2D eigenvalue weighted by Crippen LogP contribution is -2.29. The molecular formula is C10H16B2O2S. The molecule has 0 unspecified atom stereocenters. The van der Waals surface area contributed by atoms with E-state index in [-0.39, 0.29) is 0 Å². The fourth-order valence-corrected chi connectivity index (χ4v) is 1.31. The van der Waals surface area contributed by atoms with E-state index in [1.165, 1.54) is 12.2 Å². The summed E-state index contributed by atoms with van der Waals surface area (Å²) < 4.78 is 0. The first kappa shape index (κ1) is 14.6. The number of hydrogen-bond acceptors (Lipinski definition) is 3. The largest absolute Gasteiger partial charge is 0.488 e. The van der Waals surface area contributed by atoms with Crippen molar-refractivity contribution in [2.45, 2.75) is 13.3 Å². The molecule has 0 atom stereocenters. The van der Waals surface area contributed by atoms with Gasteiger partial charge in [-0.1, -0.05) is 37.3 Å². The summed E-state index contributed by atoms with van der Waals surface area (Å²) in [6.45, 7) is 2.16. The Hall–Kier alpha value is -0.380. The summed E-state index contributed by atoms with van der Waals surface area (Å²) in [5.74, 6) is 1.20. The normalized spacial score (nSPS) is 9.00. The predicted octanol–water partition coefficient (Wildman–Crippen LogP) is 0.622. The standard InChI is InChI=1S/C6H7BO2.C4H9BS/c8-7(9)6-4-2-1-3-5-6;1-2-3-6-4-5/h1-5,8-9H;2-4H2,1H3. The number of rotatable bonds is 4. The van der Waals surface area contributed by atoms with Crippen LogP contribution in [0, 0.1) is 0 Å². The fraction of sp³-hybridized carbons (Fsp3) is 0.400. The van der Waals surface area contributed by atoms with Crippen molar-refractivity contribution in [3.63, 3.8) is 0 Å². The highest BCUT2D eigenvalue weighted by molar-refractivity contribution is 8.00. The Morgan fingerprint density at radius 2 is 1.87 bits per heavy atom. The summed E-state index contributed by atoms with van der Waals surface area (Å²) in [5, 5.41) is 17.2. The van der Waals surface area contributed by atoms with Crippen LogP contribution in [0.1, 0.15) is 13.3 Å². The Kier molecular flexibility index (Phi) is 9.89. The van der Waals surface area contributed by atoms with Crippen LogP contribution in [0.15, 0.2) is 30.3 Å². The molecule has 0 aliphatic rings. The van der Waals surface area contributed by atoms with Gasteiger partial charge in [-0.05, 0) is 23.3 Å². The Morgan fingerprint density at radius 3 is 2.13 bits per heavy atom. The molecule has 1 aromatic rings. The third-order valence-electron chi connectivity index (χ3n) is 1.56. The average molecular weight is 222 g/mol. The van der Waals surface area contributed by atoms with Gasteiger partial charge >= 0.3 is 7.12 Å². The van der Waals surface area contributed by atoms with E-state index in [9.17, 15) is 0 Å². The molecule has 2 N–H and O–H groups in total. The summed E-state index contributed by atoms with van der Waals surface area (Å²) in [4.78, 5) is 0. The molecule has 0 aliphatic carbocycles. The summed E-state index contributed by atoms with van der Waals surface area (Å²) >= 11 is 1.79. The number of benzene rings is 1. The second kappa shape index (κ2) is 10.1. The molecule has 0 fully saturated rings. The van der Waals surface area contributed by atoms with Gasteiger partial charge in [-0.2, -0.15) is 11.8 Å². The summed E-state index contributed by atoms with van der Waals surface area (Å²) in [5.41, 5.74) is 1.30. The zero-order valence-electron chi connectivity index (χ0n) is 8.97. The van der Waals surface area contributed by atoms with E-state index in [0.29, 0.717) is 5.46 Å². The van der Waals surface area contributed by atoms with Crippen LogP contribution in [-0.2, 0) is 0 Å². The van der Waals surface area contributed by atoms with Gasteiger partial charge in [0.15, 0.2) is 0 Å². The van der Waals surface area contributed by atoms with E-state index in [0.717, 1.165) is 5.65 Å². The van der Waals surface area contributed by atoms with Gasteiger partial charge in [0.25, 0.3) is 0 Å². The van der Waals surface area contributed by atoms with Gasteiger partial charge in [-0.15, -0.1) is 0 Å². The van der Waals surface area contributed by atoms with Crippen molar-refractivity contribution in [2.75, 3.05) is 11.4 Å². The maximum absolute atomic E-state index is 8.58. The predicted molar refractivity (Wildman–Crippen MR) is 69.6 cm³/mol. The van der Waals surface area contributed by atoms with Gasteiger partial charge in [0.1, 0.15) is 0 Å². The molecule has 80 valence electrons. The zero-order chi connectivity index (χ0) is 11.5. The number of hydrogen-bond donors (Lipinski definition) is 2. The molecule has 0 saturated carbocycles. The highest BCUT2D eigenvalue weighted by Crippen LogP contribution is 1.96. The lowest BCUT2D eigenvalue weighted by Gasteiger charge is -1.94. The Morgan fingerprint density at radius 1 is 1.27 bits per heavy atom. The van der Waals surface area contributed by atoms with Crippen LogP contribution in [0.4, 0.5) is 0 Å². The third-order valence-corrected chi connectivity index (χ3v) is 2.50. The van der Waals surface area contributed by atoms with Crippen molar-refractivity contribution in [3.8, 4) is 0 Å². The summed E-state index contributed by atoms with van der Waals surface area (Å²) in [6, 6.07) is 8.66. The smallest absolute Gasteiger partial charge is 0.423 e. The SMILES string of the molecule is OB(O)c1ccccc1.[B]CSCCC. The summed E-state index contributed by atoms with van der Waals surface area (Å²) in [7, 11) is 3.84. The minimum Gasteiger partial charge on any atom is -0.423 e. The second-order valence-corrected chi connectivity index (χ2v) is 4.01. The Labute approximate surface area is 97.7 Å². The number of thioether (sulfide) groups is 1. The molecule has 0 amide bonds. The molecular weight excluding hydrogens is 206 g/mol. The molecule has 0 heterocycles. The molecule has 2 radical (unpaired) electrons. The van der Waals surface area contributed by atoms with Gasteiger partial charge < -0.3 is 10.0 Å². The van der Waals surface area contributed by atoms with Crippen molar-refractivity contribution in [3.05, 3.63) is 30.3 Å². The van der Waals surface area contributed by atoms with Crippen LogP contribution in [-0.4, -0.2) is 36.4 Å². The van der Waals surface area contributed by atoms with Gasteiger partial charge in [0, 0.05) is 0 Å². The molecule has 15 heavy (non-hydrogen) atoms. The van der Waals surface area contributed by atoms with Crippen molar-refractivity contribution in [1.29, 1.82) is 0 Å². The van der Waals surface area contributed by atoms with Crippen LogP contribution >= 0.6 is 11.8 Å². The molecule has 0 bridgehead atoms. The van der Waals surface area contributed by atoms with Crippen molar-refractivity contribution in [1.82, 2.24) is 0 Å². The lowest BCUT2D eigenvalue weighted by atomic mass is 9.81. The van der Waals surface area contributed by atoms with E-state index in [4.69, 9.17) is 17.9 Å². The molecule has 2 nitrogen and oxygen atoms in total. The van der Waals surface area contributed by atoms with E-state index in [1.807, 2.05) is 6.07 Å². The lowest BCUT2D eigenvalue weighted by molar-refractivity contribution is 0.426. The molecule has 0 aliphatic heterocycles. The van der Waals surface area contributed by atoms with Gasteiger partial charge in [0.05, 0.1) is 7.85 Å². The molecule has 0 saturated heterocycles. The molecule has 1 rings (SSSR count). The minimum atomic E-state index is -1.34. The minimum absolute atomic E-state index is 0.525. The quantitative estimate of drug-likeness (QED) is 0.579. The zero-order valence-corrected chi connectivity index (χ0v) is 9.78. The van der Waals surface area contributed by atoms with Crippen molar-refractivity contribution in [2.24, 2.45) is 0 Å². The van der Waals surface area contributed by atoms with Gasteiger partial charge in [-0.25, -0.2) is 0 Å². The van der Waals surface area contributed by atoms with E-state index in [1.54, 1.807) is 36.0 Å². The van der Waals surface area contributed by atoms with Crippen molar-refractivity contribution < 1.29 is 10.0 Å². The highest BCUT2D eigenvalue weighted by atomic mass is 32.2. The van der Waals surface area contributed by atoms with Crippen LogP contribution in [0.25, 0.3) is 0 Å². The van der Waals surface area contributed by atoms with E-state index in [2.05, 4.69) is 6.92 Å². The first-order valence-corrected chi connectivity index (χ1v) is 6.06. The first-order valence-electron chi connectivity index (χ1n) is 4.91. The van der Waals surface area contributed by atoms with Crippen LogP contribution in [0.5, 0.6) is 0 Å². The van der Waals surface area contributed by atoms with E-state index < -0.39 is 7.12 Å². The fourth-order valence-electron chi connectivity index (χ4n) is 0.853. The van der Waals surface area contributed by atoms with Crippen molar-refractivity contribution >= 4 is 32.2 Å². The second-order valence-electron chi connectivity index (χ2n) is 2.86. The molecule has 0 aromatic heterocycles. The monoisotopic (exact) mass is 222 g/mol. The van der Waals surface area contributed by atoms with E-state index >= 15 is 0 Å². The Bertz CT molecular complexity index is 228. The van der Waals surface area contributed by atoms with Gasteiger partial charge in [0.2, 0.25) is 0 Å². The molecule has 1 aromatic carbocycles. The molecule has 0 spiro atoms. The van der Waals surface area contributed by atoms with Crippen LogP contribution < -0.4 is 5.46 Å². The van der Waals surface area contributed by atoms with Crippen LogP contribution in [0.3, 0.4) is 0 Å². The summed E-state index contributed by atoms with van der Waals surface area (Å²) in [6.07, 6.45) is 1.24. The molecule has 5 heteroatoms. The van der Waals surface area contributed by atoms with Crippen LogP contribution in [0.2, 0.25) is 0 Å². The third kappa shape index (κ3) is 8.60. The topological polar surface area (TPSA) is 40.5 Å². The average Bonchev–Trinajstić information content (AvgIpc) is 2.28. The Balaban J connectivity index is 0.000000288. The highest BCUT2D eigenvalue weighted by Gasteiger charge is 2.07. The van der Waals surface area contributed by atoms with Gasteiger partial charge in [-0.3, -0.25) is 0 Å². The maximum Gasteiger partial charge on any atom is 0.488 e.